The molecule has 1 saturated heterocycles. The monoisotopic (exact) mass is 436 g/mol. The fourth-order valence-electron chi connectivity index (χ4n) is 2.26. The van der Waals surface area contributed by atoms with E-state index in [1.807, 2.05) is 43.3 Å². The molecule has 0 spiro atoms. The van der Waals surface area contributed by atoms with Gasteiger partial charge in [-0.2, -0.15) is 0 Å². The fourth-order valence-corrected chi connectivity index (χ4v) is 3.69. The fraction of sp³-hybridized carbons (Fsp3) is 0.111. The third kappa shape index (κ3) is 4.26. The first-order valence-electron chi connectivity index (χ1n) is 7.45. The Hall–Kier alpha value is -1.76. The Bertz CT molecular complexity index is 885. The zero-order chi connectivity index (χ0) is 18.0. The molecular weight excluding hydrogens is 424 g/mol. The average molecular weight is 438 g/mol. The molecule has 1 fully saturated rings. The van der Waals surface area contributed by atoms with E-state index in [2.05, 4.69) is 21.2 Å². The molecule has 0 unspecified atom stereocenters. The number of carbonyl (C=O) groups is 2. The van der Waals surface area contributed by atoms with Gasteiger partial charge in [-0.15, -0.1) is 0 Å². The maximum atomic E-state index is 12.5. The zero-order valence-electron chi connectivity index (χ0n) is 13.3. The summed E-state index contributed by atoms with van der Waals surface area (Å²) in [5.74, 6) is -0.305. The largest absolute Gasteiger partial charge is 0.367 e. The molecule has 2 aromatic carbocycles. The summed E-state index contributed by atoms with van der Waals surface area (Å²) in [7, 11) is 0. The van der Waals surface area contributed by atoms with Crippen LogP contribution in [0.5, 0.6) is 0 Å². The molecule has 3 rings (SSSR count). The first-order valence-corrected chi connectivity index (χ1v) is 9.44. The Morgan fingerprint density at radius 1 is 1.24 bits per heavy atom. The number of nitrogens with one attached hydrogen (secondary N) is 1. The number of anilines is 1. The Morgan fingerprint density at radius 2 is 2.04 bits per heavy atom. The van der Waals surface area contributed by atoms with E-state index in [-0.39, 0.29) is 17.8 Å². The summed E-state index contributed by atoms with van der Waals surface area (Å²) in [6.07, 6.45) is 1.72. The number of nitrogens with zero attached hydrogens (tertiary/aromatic N) is 1. The van der Waals surface area contributed by atoms with Crippen molar-refractivity contribution in [3.8, 4) is 0 Å². The maximum Gasteiger partial charge on any atom is 0.295 e. The Morgan fingerprint density at radius 3 is 2.76 bits per heavy atom. The van der Waals surface area contributed by atoms with Gasteiger partial charge in [0.05, 0.1) is 11.6 Å². The van der Waals surface area contributed by atoms with Gasteiger partial charge in [0.15, 0.2) is 0 Å². The number of aryl methyl sites for hydroxylation is 1. The second-order valence-electron chi connectivity index (χ2n) is 5.46. The minimum atomic E-state index is -0.305. The second kappa shape index (κ2) is 7.64. The van der Waals surface area contributed by atoms with Crippen molar-refractivity contribution in [1.82, 2.24) is 4.90 Å². The lowest BCUT2D eigenvalue weighted by Crippen LogP contribution is -2.33. The van der Waals surface area contributed by atoms with Gasteiger partial charge < -0.3 is 5.32 Å². The van der Waals surface area contributed by atoms with Crippen molar-refractivity contribution in [2.45, 2.75) is 6.92 Å². The van der Waals surface area contributed by atoms with Gasteiger partial charge >= 0.3 is 0 Å². The molecule has 0 aromatic heterocycles. The molecule has 0 aliphatic carbocycles. The lowest BCUT2D eigenvalue weighted by atomic mass is 10.2. The van der Waals surface area contributed by atoms with E-state index in [1.54, 1.807) is 12.1 Å². The van der Waals surface area contributed by atoms with Crippen LogP contribution in [0.15, 0.2) is 51.8 Å². The standard InChI is InChI=1S/C18H14BrClN2O2S/c1-11-5-6-14(9-15(11)20)21-10-22-17(23)16(25-18(22)24)8-12-3-2-4-13(19)7-12/h2-9,21H,10H2,1H3/b16-8+. The van der Waals surface area contributed by atoms with Gasteiger partial charge in [0.2, 0.25) is 0 Å². The van der Waals surface area contributed by atoms with Gasteiger partial charge in [-0.3, -0.25) is 14.5 Å². The molecular formula is C18H14BrClN2O2S. The van der Waals surface area contributed by atoms with Crippen molar-refractivity contribution >= 4 is 62.2 Å². The number of halogens is 2. The van der Waals surface area contributed by atoms with E-state index in [1.165, 1.54) is 4.90 Å². The van der Waals surface area contributed by atoms with Crippen LogP contribution >= 0.6 is 39.3 Å². The van der Waals surface area contributed by atoms with Gasteiger partial charge in [0.25, 0.3) is 11.1 Å². The molecule has 0 saturated carbocycles. The minimum absolute atomic E-state index is 0.0971. The van der Waals surface area contributed by atoms with Crippen molar-refractivity contribution in [2.24, 2.45) is 0 Å². The quantitative estimate of drug-likeness (QED) is 0.640. The third-order valence-corrected chi connectivity index (χ3v) is 5.44. The minimum Gasteiger partial charge on any atom is -0.367 e. The van der Waals surface area contributed by atoms with Crippen LogP contribution in [-0.4, -0.2) is 22.7 Å². The van der Waals surface area contributed by atoms with Gasteiger partial charge in [-0.1, -0.05) is 45.7 Å². The van der Waals surface area contributed by atoms with E-state index in [0.29, 0.717) is 9.93 Å². The molecule has 128 valence electrons. The number of hydrogen-bond donors (Lipinski definition) is 1. The smallest absolute Gasteiger partial charge is 0.295 e. The lowest BCUT2D eigenvalue weighted by molar-refractivity contribution is -0.122. The van der Waals surface area contributed by atoms with E-state index in [0.717, 1.165) is 33.0 Å². The summed E-state index contributed by atoms with van der Waals surface area (Å²) in [6.45, 7) is 2.01. The second-order valence-corrected chi connectivity index (χ2v) is 7.78. The number of benzene rings is 2. The van der Waals surface area contributed by atoms with Crippen molar-refractivity contribution in [1.29, 1.82) is 0 Å². The van der Waals surface area contributed by atoms with Gasteiger partial charge in [0, 0.05) is 15.2 Å². The van der Waals surface area contributed by atoms with Crippen LogP contribution in [0.2, 0.25) is 5.02 Å². The lowest BCUT2D eigenvalue weighted by Gasteiger charge is -2.15. The molecule has 1 heterocycles. The van der Waals surface area contributed by atoms with Crippen molar-refractivity contribution in [3.63, 3.8) is 0 Å². The molecule has 1 aliphatic heterocycles. The zero-order valence-corrected chi connectivity index (χ0v) is 16.4. The molecule has 0 bridgehead atoms. The summed E-state index contributed by atoms with van der Waals surface area (Å²) in [5, 5.41) is 3.40. The van der Waals surface area contributed by atoms with Crippen LogP contribution in [0.3, 0.4) is 0 Å². The molecule has 0 radical (unpaired) electrons. The van der Waals surface area contributed by atoms with E-state index >= 15 is 0 Å². The summed E-state index contributed by atoms with van der Waals surface area (Å²) in [6, 6.07) is 13.1. The van der Waals surface area contributed by atoms with E-state index in [4.69, 9.17) is 11.6 Å². The summed E-state index contributed by atoms with van der Waals surface area (Å²) < 4.78 is 0.915. The highest BCUT2D eigenvalue weighted by Gasteiger charge is 2.34. The Balaban J connectivity index is 1.72. The molecule has 1 aliphatic rings. The summed E-state index contributed by atoms with van der Waals surface area (Å²) in [5.41, 5.74) is 2.58. The topological polar surface area (TPSA) is 49.4 Å². The molecule has 25 heavy (non-hydrogen) atoms. The highest BCUT2D eigenvalue weighted by molar-refractivity contribution is 9.10. The van der Waals surface area contributed by atoms with Gasteiger partial charge in [0.1, 0.15) is 0 Å². The molecule has 2 amide bonds. The van der Waals surface area contributed by atoms with Crippen LogP contribution in [0.1, 0.15) is 11.1 Å². The Labute approximate surface area is 163 Å². The molecule has 7 heteroatoms. The first-order chi connectivity index (χ1) is 11.9. The molecule has 0 atom stereocenters. The van der Waals surface area contributed by atoms with Crippen LogP contribution in [0.25, 0.3) is 6.08 Å². The van der Waals surface area contributed by atoms with Gasteiger partial charge in [-0.25, -0.2) is 0 Å². The first kappa shape index (κ1) is 18.0. The number of thioether (sulfide) groups is 1. The average Bonchev–Trinajstić information content (AvgIpc) is 2.82. The number of rotatable bonds is 4. The molecule has 4 nitrogen and oxygen atoms in total. The number of imide groups is 1. The number of carbonyl (C=O) groups excluding carboxylic acids is 2. The van der Waals surface area contributed by atoms with Crippen LogP contribution < -0.4 is 5.32 Å². The maximum absolute atomic E-state index is 12.5. The van der Waals surface area contributed by atoms with Gasteiger partial charge in [-0.05, 0) is 60.2 Å². The Kier molecular flexibility index (Phi) is 5.51. The SMILES string of the molecule is Cc1ccc(NCN2C(=O)S/C(=C/c3cccc(Br)c3)C2=O)cc1Cl. The number of amides is 2. The predicted molar refractivity (Wildman–Crippen MR) is 107 cm³/mol. The van der Waals surface area contributed by atoms with E-state index in [9.17, 15) is 9.59 Å². The molecule has 1 N–H and O–H groups in total. The van der Waals surface area contributed by atoms with Crippen LogP contribution in [0.4, 0.5) is 10.5 Å². The highest BCUT2D eigenvalue weighted by Crippen LogP contribution is 2.32. The van der Waals surface area contributed by atoms with Crippen LogP contribution in [0, 0.1) is 6.92 Å². The van der Waals surface area contributed by atoms with Crippen molar-refractivity contribution in [3.05, 3.63) is 68.0 Å². The third-order valence-electron chi connectivity index (χ3n) is 3.63. The van der Waals surface area contributed by atoms with Crippen LogP contribution in [-0.2, 0) is 4.79 Å². The summed E-state index contributed by atoms with van der Waals surface area (Å²) >= 11 is 10.4. The normalized spacial score (nSPS) is 16.0. The predicted octanol–water partition coefficient (Wildman–Crippen LogP) is 5.52. The van der Waals surface area contributed by atoms with Crippen molar-refractivity contribution in [2.75, 3.05) is 12.0 Å². The van der Waals surface area contributed by atoms with Crippen molar-refractivity contribution < 1.29 is 9.59 Å². The highest BCUT2D eigenvalue weighted by atomic mass is 79.9. The summed E-state index contributed by atoms with van der Waals surface area (Å²) in [4.78, 5) is 26.2. The number of hydrogen-bond acceptors (Lipinski definition) is 4. The van der Waals surface area contributed by atoms with E-state index < -0.39 is 0 Å². The molecule has 2 aromatic rings.